The Labute approximate surface area is 377 Å². The lowest BCUT2D eigenvalue weighted by atomic mass is 9.55. The number of fused-ring (bicyclic) bond motifs is 4. The van der Waals surface area contributed by atoms with Crippen molar-refractivity contribution in [2.75, 3.05) is 11.9 Å². The van der Waals surface area contributed by atoms with Crippen LogP contribution >= 0.6 is 23.2 Å². The lowest BCUT2D eigenvalue weighted by Crippen LogP contribution is -2.60. The van der Waals surface area contributed by atoms with Gasteiger partial charge in [0.2, 0.25) is 29.5 Å². The quantitative estimate of drug-likeness (QED) is 0.107. The van der Waals surface area contributed by atoms with E-state index in [0.717, 1.165) is 72.8 Å². The van der Waals surface area contributed by atoms with Crippen LogP contribution in [0.2, 0.25) is 10.0 Å². The van der Waals surface area contributed by atoms with Gasteiger partial charge in [-0.2, -0.15) is 0 Å². The molecule has 0 bridgehead atoms. The molecule has 12 nitrogen and oxygen atoms in total. The fourth-order valence-corrected chi connectivity index (χ4v) is 12.2. The summed E-state index contributed by atoms with van der Waals surface area (Å²) in [6.07, 6.45) is 11.2. The van der Waals surface area contributed by atoms with Crippen LogP contribution in [0.5, 0.6) is 0 Å². The van der Waals surface area contributed by atoms with Crippen LogP contribution in [0.1, 0.15) is 129 Å². The minimum absolute atomic E-state index is 0.0278. The highest BCUT2D eigenvalue weighted by atomic mass is 35.5. The van der Waals surface area contributed by atoms with Gasteiger partial charge in [0.05, 0.1) is 6.04 Å². The Hall–Kier alpha value is -5.04. The smallest absolute Gasteiger partial charge is 0.255 e. The normalized spacial score (nSPS) is 27.6. The van der Waals surface area contributed by atoms with Crippen LogP contribution in [0.3, 0.4) is 0 Å². The largest absolute Gasteiger partial charge is 0.356 e. The summed E-state index contributed by atoms with van der Waals surface area (Å²) >= 11 is 13.1. The van der Waals surface area contributed by atoms with Crippen molar-refractivity contribution in [2.24, 2.45) is 5.92 Å². The number of nitrogens with one attached hydrogen (secondary N) is 5. The number of allylic oxidation sites excluding steroid dienone is 1. The third kappa shape index (κ3) is 7.86. The van der Waals surface area contributed by atoms with E-state index in [0.29, 0.717) is 66.5 Å². The number of anilines is 1. The van der Waals surface area contributed by atoms with E-state index in [1.165, 1.54) is 0 Å². The number of carbonyl (C=O) groups excluding carboxylic acids is 6. The monoisotopic (exact) mass is 892 g/mol. The third-order valence-corrected chi connectivity index (χ3v) is 15.2. The van der Waals surface area contributed by atoms with Crippen molar-refractivity contribution in [1.29, 1.82) is 0 Å². The van der Waals surface area contributed by atoms with Crippen molar-refractivity contribution in [2.45, 2.75) is 132 Å². The van der Waals surface area contributed by atoms with Crippen LogP contribution in [-0.4, -0.2) is 70.6 Å². The summed E-state index contributed by atoms with van der Waals surface area (Å²) in [6, 6.07) is 17.3. The number of nitrogens with zero attached hydrogens (tertiary/aromatic N) is 1. The number of piperidine rings is 1. The predicted octanol–water partition coefficient (Wildman–Crippen LogP) is 7.08. The molecule has 3 aromatic rings. The van der Waals surface area contributed by atoms with Crippen LogP contribution in [0, 0.1) is 5.92 Å². The van der Waals surface area contributed by atoms with E-state index in [2.05, 4.69) is 32.7 Å². The number of rotatable bonds is 10. The van der Waals surface area contributed by atoms with Crippen molar-refractivity contribution >= 4 is 70.4 Å². The molecule has 14 heteroatoms. The number of carbonyl (C=O) groups is 6. The molecule has 4 atom stereocenters. The van der Waals surface area contributed by atoms with Crippen LogP contribution in [0.25, 0.3) is 6.08 Å². The minimum Gasteiger partial charge on any atom is -0.356 e. The average molecular weight is 894 g/mol. The maximum Gasteiger partial charge on any atom is 0.255 e. The molecule has 4 fully saturated rings. The van der Waals surface area contributed by atoms with Crippen molar-refractivity contribution in [1.82, 2.24) is 26.2 Å². The Morgan fingerprint density at radius 1 is 0.873 bits per heavy atom. The summed E-state index contributed by atoms with van der Waals surface area (Å²) in [5.74, 6) is -1.86. The summed E-state index contributed by atoms with van der Waals surface area (Å²) in [7, 11) is 0. The van der Waals surface area contributed by atoms with E-state index >= 15 is 0 Å². The van der Waals surface area contributed by atoms with Gasteiger partial charge < -0.3 is 20.9 Å². The maximum atomic E-state index is 14.7. The van der Waals surface area contributed by atoms with E-state index in [1.807, 2.05) is 55.5 Å². The molecule has 2 saturated heterocycles. The second-order valence-electron chi connectivity index (χ2n) is 18.5. The molecule has 9 rings (SSSR count). The molecule has 3 aromatic carbocycles. The van der Waals surface area contributed by atoms with Crippen LogP contribution in [0.15, 0.2) is 66.2 Å². The van der Waals surface area contributed by atoms with Crippen molar-refractivity contribution in [3.8, 4) is 0 Å². The van der Waals surface area contributed by atoms with Crippen molar-refractivity contribution in [3.63, 3.8) is 0 Å². The summed E-state index contributed by atoms with van der Waals surface area (Å²) < 4.78 is 0. The molecule has 1 unspecified atom stereocenters. The highest BCUT2D eigenvalue weighted by Crippen LogP contribution is 2.62. The molecule has 2 spiro atoms. The van der Waals surface area contributed by atoms with Gasteiger partial charge in [-0.15, -0.1) is 0 Å². The van der Waals surface area contributed by atoms with E-state index in [9.17, 15) is 28.8 Å². The fraction of sp³-hybridized carbons (Fsp3) is 0.469. The van der Waals surface area contributed by atoms with Crippen LogP contribution in [0.4, 0.5) is 5.69 Å². The Morgan fingerprint density at radius 2 is 1.63 bits per heavy atom. The second-order valence-corrected chi connectivity index (χ2v) is 19.3. The van der Waals surface area contributed by atoms with Gasteiger partial charge in [-0.1, -0.05) is 84.4 Å². The van der Waals surface area contributed by atoms with Gasteiger partial charge in [0.1, 0.15) is 11.5 Å². The van der Waals surface area contributed by atoms with E-state index in [4.69, 9.17) is 23.2 Å². The number of hydrogen-bond donors (Lipinski definition) is 5. The highest BCUT2D eigenvalue weighted by Gasteiger charge is 2.72. The Morgan fingerprint density at radius 3 is 2.40 bits per heavy atom. The first-order chi connectivity index (χ1) is 30.4. The van der Waals surface area contributed by atoms with E-state index < -0.39 is 34.9 Å². The van der Waals surface area contributed by atoms with Gasteiger partial charge in [0.15, 0.2) is 0 Å². The Kier molecular flexibility index (Phi) is 12.0. The predicted molar refractivity (Wildman–Crippen MR) is 241 cm³/mol. The summed E-state index contributed by atoms with van der Waals surface area (Å²) in [4.78, 5) is 81.7. The molecule has 0 aromatic heterocycles. The first-order valence-electron chi connectivity index (χ1n) is 22.5. The maximum absolute atomic E-state index is 14.7. The summed E-state index contributed by atoms with van der Waals surface area (Å²) in [5, 5.41) is 16.9. The molecule has 4 aliphatic heterocycles. The molecular formula is C49H54Cl2N6O6. The molecule has 5 N–H and O–H groups in total. The number of halogens is 2. The molecule has 6 aliphatic rings. The molecule has 4 heterocycles. The lowest BCUT2D eigenvalue weighted by Gasteiger charge is -2.47. The first kappa shape index (κ1) is 43.2. The van der Waals surface area contributed by atoms with Crippen LogP contribution < -0.4 is 26.6 Å². The Balaban J connectivity index is 0.808. The van der Waals surface area contributed by atoms with E-state index in [1.54, 1.807) is 17.0 Å². The highest BCUT2D eigenvalue weighted by molar-refractivity contribution is 6.31. The minimum atomic E-state index is -1.06. The van der Waals surface area contributed by atoms with Gasteiger partial charge in [-0.3, -0.25) is 39.4 Å². The fourth-order valence-electron chi connectivity index (χ4n) is 11.8. The zero-order chi connectivity index (χ0) is 44.0. The number of benzene rings is 3. The summed E-state index contributed by atoms with van der Waals surface area (Å²) in [6.45, 7) is 2.88. The third-order valence-electron chi connectivity index (χ3n) is 14.7. The second kappa shape index (κ2) is 17.5. The van der Waals surface area contributed by atoms with E-state index in [-0.39, 0.29) is 47.9 Å². The molecule has 63 heavy (non-hydrogen) atoms. The van der Waals surface area contributed by atoms with Crippen molar-refractivity contribution < 1.29 is 28.8 Å². The Bertz CT molecular complexity index is 2410. The standard InChI is InChI=1S/C49H54Cl2N6O6/c1-28(24-30-9-6-12-35-36(30)27-57(46(35)62)39-19-20-40(58)55-44(39)60)8-7-23-52-43(59)29-13-16-34(17-14-29)53-45(61)42-41(31-10-5-11-32(50)25-31)49(48(56-42)21-3-2-4-22-48)37-18-15-33(51)26-38(37)54-47(49)63/h5-6,9-12,15,18,24-26,29,34,39,41-42,56H,2-4,7-8,13-14,16-17,19-23,27H2,1H3,(H,52,59)(H,53,61)(H,54,63)(H,55,58,60)/b28-24-/t29?,34?,39?,41-,42+,49+/m0/s1. The molecule has 330 valence electrons. The topological polar surface area (TPSA) is 166 Å². The van der Waals surface area contributed by atoms with Gasteiger partial charge in [-0.25, -0.2) is 0 Å². The number of hydrogen-bond acceptors (Lipinski definition) is 7. The number of amides is 6. The molecule has 2 saturated carbocycles. The summed E-state index contributed by atoms with van der Waals surface area (Å²) in [5.41, 5.74) is 4.16. The molecular weight excluding hydrogens is 839 g/mol. The van der Waals surface area contributed by atoms with Gasteiger partial charge in [-0.05, 0) is 117 Å². The molecule has 0 radical (unpaired) electrons. The SMILES string of the molecule is C/C(=C/c1cccc2c1CN(C1CCC(=O)NC1=O)C2=O)CCCNC(=O)C1CCC(NC(=O)[C@@H]2NC3(CCCCC3)[C@@]3(C(=O)Nc4cc(Cl)ccc43)[C@H]2c2cccc(Cl)c2)CC1. The molecule has 2 aliphatic carbocycles. The zero-order valence-corrected chi connectivity index (χ0v) is 37.0. The van der Waals surface area contributed by atoms with Gasteiger partial charge in [0, 0.05) is 64.2 Å². The lowest BCUT2D eigenvalue weighted by molar-refractivity contribution is -0.137. The first-order valence-corrected chi connectivity index (χ1v) is 23.3. The van der Waals surface area contributed by atoms with Gasteiger partial charge >= 0.3 is 0 Å². The average Bonchev–Trinajstić information content (AvgIpc) is 3.86. The van der Waals surface area contributed by atoms with Gasteiger partial charge in [0.25, 0.3) is 5.91 Å². The van der Waals surface area contributed by atoms with Crippen LogP contribution in [-0.2, 0) is 35.9 Å². The zero-order valence-electron chi connectivity index (χ0n) is 35.5. The molecule has 6 amide bonds. The number of imide groups is 1. The van der Waals surface area contributed by atoms with Crippen molar-refractivity contribution in [3.05, 3.63) is 104 Å².